The summed E-state index contributed by atoms with van der Waals surface area (Å²) >= 11 is 0. The molecule has 7 nitrogen and oxygen atoms in total. The van der Waals surface area contributed by atoms with Crippen LogP contribution in [0, 0.1) is 0 Å². The number of nitrogens with one attached hydrogen (secondary N) is 3. The maximum absolute atomic E-state index is 11.8. The number of aromatic nitrogens is 1. The molecule has 0 aromatic carbocycles. The van der Waals surface area contributed by atoms with Crippen LogP contribution < -0.4 is 20.7 Å². The van der Waals surface area contributed by atoms with Crippen LogP contribution in [0.3, 0.4) is 0 Å². The number of carbonyl (C=O) groups is 2. The van der Waals surface area contributed by atoms with Gasteiger partial charge >= 0.3 is 6.03 Å². The maximum Gasteiger partial charge on any atom is 0.319 e. The molecule has 0 aliphatic rings. The summed E-state index contributed by atoms with van der Waals surface area (Å²) in [4.78, 5) is 27.4. The van der Waals surface area contributed by atoms with Gasteiger partial charge in [-0.15, -0.1) is 0 Å². The van der Waals surface area contributed by atoms with Crippen LogP contribution in [-0.2, 0) is 4.79 Å². The molecule has 3 N–H and O–H groups in total. The highest BCUT2D eigenvalue weighted by Crippen LogP contribution is 2.19. The van der Waals surface area contributed by atoms with E-state index in [0.29, 0.717) is 18.2 Å². The van der Waals surface area contributed by atoms with Gasteiger partial charge in [-0.25, -0.2) is 9.78 Å². The number of ether oxygens (including phenoxy) is 1. The fraction of sp³-hybridized carbons (Fsp3) is 0.533. The van der Waals surface area contributed by atoms with Crippen LogP contribution in [0.1, 0.15) is 33.6 Å². The molecular weight excluding hydrogens is 284 g/mol. The standard InChI is InChI=1S/C15H24N4O3/c1-4-11(3)18-13(20)8-10-17-15(21)19-12-7-6-9-16-14(12)22-5-2/h6-7,9,11H,4-5,8,10H2,1-3H3,(H,18,20)(H2,17,19,21)/t11-/m1/s1. The molecule has 7 heteroatoms. The van der Waals surface area contributed by atoms with E-state index in [1.807, 2.05) is 20.8 Å². The Morgan fingerprint density at radius 2 is 2.14 bits per heavy atom. The molecule has 1 atom stereocenters. The first-order valence-corrected chi connectivity index (χ1v) is 7.48. The number of hydrogen-bond donors (Lipinski definition) is 3. The van der Waals surface area contributed by atoms with Crippen LogP contribution >= 0.6 is 0 Å². The van der Waals surface area contributed by atoms with E-state index in [1.165, 1.54) is 0 Å². The number of anilines is 1. The molecule has 0 fully saturated rings. The zero-order chi connectivity index (χ0) is 16.4. The molecule has 1 aromatic rings. The van der Waals surface area contributed by atoms with Crippen molar-refractivity contribution in [2.75, 3.05) is 18.5 Å². The molecule has 0 aliphatic carbocycles. The molecule has 0 aliphatic heterocycles. The van der Waals surface area contributed by atoms with E-state index < -0.39 is 6.03 Å². The van der Waals surface area contributed by atoms with E-state index in [2.05, 4.69) is 20.9 Å². The van der Waals surface area contributed by atoms with E-state index in [0.717, 1.165) is 6.42 Å². The smallest absolute Gasteiger partial charge is 0.319 e. The van der Waals surface area contributed by atoms with Crippen molar-refractivity contribution in [3.05, 3.63) is 18.3 Å². The van der Waals surface area contributed by atoms with Gasteiger partial charge in [0.15, 0.2) is 0 Å². The highest BCUT2D eigenvalue weighted by molar-refractivity contribution is 5.90. The predicted octanol–water partition coefficient (Wildman–Crippen LogP) is 1.91. The maximum atomic E-state index is 11.8. The molecule has 0 saturated carbocycles. The quantitative estimate of drug-likeness (QED) is 0.684. The third-order valence-corrected chi connectivity index (χ3v) is 2.96. The van der Waals surface area contributed by atoms with E-state index in [-0.39, 0.29) is 24.9 Å². The Labute approximate surface area is 130 Å². The van der Waals surface area contributed by atoms with Gasteiger partial charge in [-0.1, -0.05) is 6.92 Å². The first kappa shape index (κ1) is 17.7. The first-order chi connectivity index (χ1) is 10.6. The third kappa shape index (κ3) is 6.43. The molecule has 0 spiro atoms. The zero-order valence-electron chi connectivity index (χ0n) is 13.3. The molecule has 0 bridgehead atoms. The van der Waals surface area contributed by atoms with Gasteiger partial charge in [0.1, 0.15) is 5.69 Å². The Morgan fingerprint density at radius 1 is 1.36 bits per heavy atom. The number of rotatable bonds is 8. The van der Waals surface area contributed by atoms with Crippen molar-refractivity contribution in [2.45, 2.75) is 39.7 Å². The molecule has 0 unspecified atom stereocenters. The minimum atomic E-state index is -0.398. The van der Waals surface area contributed by atoms with Crippen molar-refractivity contribution in [1.29, 1.82) is 0 Å². The van der Waals surface area contributed by atoms with Crippen LogP contribution in [0.25, 0.3) is 0 Å². The van der Waals surface area contributed by atoms with Crippen molar-refractivity contribution >= 4 is 17.6 Å². The second-order valence-corrected chi connectivity index (χ2v) is 4.80. The number of urea groups is 1. The topological polar surface area (TPSA) is 92.3 Å². The van der Waals surface area contributed by atoms with Crippen molar-refractivity contribution in [3.63, 3.8) is 0 Å². The Balaban J connectivity index is 2.36. The summed E-state index contributed by atoms with van der Waals surface area (Å²) in [6, 6.07) is 3.15. The summed E-state index contributed by atoms with van der Waals surface area (Å²) in [5.74, 6) is 0.292. The summed E-state index contributed by atoms with van der Waals surface area (Å²) in [6.45, 7) is 6.51. The molecule has 122 valence electrons. The lowest BCUT2D eigenvalue weighted by Crippen LogP contribution is -2.36. The summed E-state index contributed by atoms with van der Waals surface area (Å²) in [5, 5.41) is 8.12. The minimum Gasteiger partial charge on any atom is -0.476 e. The molecule has 22 heavy (non-hydrogen) atoms. The summed E-state index contributed by atoms with van der Waals surface area (Å²) in [6.07, 6.45) is 2.71. The lowest BCUT2D eigenvalue weighted by atomic mass is 10.2. The van der Waals surface area contributed by atoms with Crippen molar-refractivity contribution in [3.8, 4) is 5.88 Å². The van der Waals surface area contributed by atoms with Crippen molar-refractivity contribution < 1.29 is 14.3 Å². The van der Waals surface area contributed by atoms with Gasteiger partial charge in [0.25, 0.3) is 0 Å². The lowest BCUT2D eigenvalue weighted by molar-refractivity contribution is -0.121. The highest BCUT2D eigenvalue weighted by Gasteiger charge is 2.09. The van der Waals surface area contributed by atoms with Crippen LogP contribution in [0.2, 0.25) is 0 Å². The van der Waals surface area contributed by atoms with Gasteiger partial charge in [0.05, 0.1) is 6.61 Å². The molecule has 1 heterocycles. The number of carbonyl (C=O) groups excluding carboxylic acids is 2. The normalized spacial score (nSPS) is 11.4. The van der Waals surface area contributed by atoms with Gasteiger partial charge in [-0.3, -0.25) is 4.79 Å². The van der Waals surface area contributed by atoms with E-state index in [4.69, 9.17) is 4.74 Å². The molecule has 1 aromatic heterocycles. The Hall–Kier alpha value is -2.31. The minimum absolute atomic E-state index is 0.0777. The molecular formula is C15H24N4O3. The third-order valence-electron chi connectivity index (χ3n) is 2.96. The molecule has 0 saturated heterocycles. The number of pyridine rings is 1. The average molecular weight is 308 g/mol. The SMILES string of the molecule is CCOc1ncccc1NC(=O)NCCC(=O)N[C@H](C)CC. The summed E-state index contributed by atoms with van der Waals surface area (Å²) in [7, 11) is 0. The fourth-order valence-electron chi connectivity index (χ4n) is 1.64. The lowest BCUT2D eigenvalue weighted by Gasteiger charge is -2.12. The number of nitrogens with zero attached hydrogens (tertiary/aromatic N) is 1. The predicted molar refractivity (Wildman–Crippen MR) is 84.9 cm³/mol. The monoisotopic (exact) mass is 308 g/mol. The van der Waals surface area contributed by atoms with Gasteiger partial charge in [0.2, 0.25) is 11.8 Å². The number of amides is 3. The largest absolute Gasteiger partial charge is 0.476 e. The van der Waals surface area contributed by atoms with Crippen LogP contribution in [0.15, 0.2) is 18.3 Å². The van der Waals surface area contributed by atoms with Crippen LogP contribution in [0.5, 0.6) is 5.88 Å². The Kier molecular flexibility index (Phi) is 7.74. The average Bonchev–Trinajstić information content (AvgIpc) is 2.49. The molecule has 3 amide bonds. The summed E-state index contributed by atoms with van der Waals surface area (Å²) in [5.41, 5.74) is 0.492. The van der Waals surface area contributed by atoms with Crippen molar-refractivity contribution in [2.24, 2.45) is 0 Å². The second kappa shape index (κ2) is 9.59. The van der Waals surface area contributed by atoms with E-state index in [1.54, 1.807) is 18.3 Å². The van der Waals surface area contributed by atoms with Gasteiger partial charge in [-0.05, 0) is 32.4 Å². The zero-order valence-corrected chi connectivity index (χ0v) is 13.3. The molecule has 1 rings (SSSR count). The Morgan fingerprint density at radius 3 is 2.82 bits per heavy atom. The summed E-state index contributed by atoms with van der Waals surface area (Å²) < 4.78 is 5.32. The van der Waals surface area contributed by atoms with Crippen LogP contribution in [-0.4, -0.2) is 36.1 Å². The highest BCUT2D eigenvalue weighted by atomic mass is 16.5. The number of hydrogen-bond acceptors (Lipinski definition) is 4. The fourth-order valence-corrected chi connectivity index (χ4v) is 1.64. The Bertz CT molecular complexity index is 493. The van der Waals surface area contributed by atoms with Crippen LogP contribution in [0.4, 0.5) is 10.5 Å². The van der Waals surface area contributed by atoms with Gasteiger partial charge in [-0.2, -0.15) is 0 Å². The molecule has 0 radical (unpaired) electrons. The van der Waals surface area contributed by atoms with E-state index >= 15 is 0 Å². The van der Waals surface area contributed by atoms with E-state index in [9.17, 15) is 9.59 Å². The van der Waals surface area contributed by atoms with Gasteiger partial charge < -0.3 is 20.7 Å². The first-order valence-electron chi connectivity index (χ1n) is 7.48. The van der Waals surface area contributed by atoms with Gasteiger partial charge in [0, 0.05) is 25.2 Å². The second-order valence-electron chi connectivity index (χ2n) is 4.80. The van der Waals surface area contributed by atoms with Crippen molar-refractivity contribution in [1.82, 2.24) is 15.6 Å².